The summed E-state index contributed by atoms with van der Waals surface area (Å²) in [5, 5.41) is 17.0. The van der Waals surface area contributed by atoms with Crippen molar-refractivity contribution >= 4 is 50.7 Å². The lowest BCUT2D eigenvalue weighted by atomic mass is 9.60. The number of aryl methyl sites for hydroxylation is 2. The van der Waals surface area contributed by atoms with Crippen molar-refractivity contribution in [3.05, 3.63) is 76.9 Å². The van der Waals surface area contributed by atoms with Crippen molar-refractivity contribution in [1.29, 1.82) is 0 Å². The van der Waals surface area contributed by atoms with E-state index in [1.165, 1.54) is 19.1 Å². The molecule has 6 rings (SSSR count). The summed E-state index contributed by atoms with van der Waals surface area (Å²) in [4.78, 5) is 30.8. The van der Waals surface area contributed by atoms with Crippen LogP contribution in [0.5, 0.6) is 17.2 Å². The Morgan fingerprint density at radius 2 is 1.86 bits per heavy atom. The van der Waals surface area contributed by atoms with Crippen molar-refractivity contribution in [2.24, 2.45) is 18.4 Å². The number of fused-ring (bicyclic) bond motifs is 2. The Morgan fingerprint density at radius 3 is 2.50 bits per heavy atom. The van der Waals surface area contributed by atoms with E-state index in [9.17, 15) is 14.7 Å². The van der Waals surface area contributed by atoms with E-state index in [-0.39, 0.29) is 29.1 Å². The molecule has 3 atom stereocenters. The van der Waals surface area contributed by atoms with Gasteiger partial charge in [0.25, 0.3) is 0 Å². The minimum Gasteiger partial charge on any atom is -0.502 e. The number of benzene rings is 2. The molecule has 1 saturated heterocycles. The molecule has 42 heavy (non-hydrogen) atoms. The summed E-state index contributed by atoms with van der Waals surface area (Å²) in [6.07, 6.45) is 4.07. The maximum absolute atomic E-state index is 14.5. The van der Waals surface area contributed by atoms with E-state index < -0.39 is 17.3 Å². The number of aromatic nitrogens is 2. The van der Waals surface area contributed by atoms with Crippen LogP contribution in [0.25, 0.3) is 20.7 Å². The number of phenolic OH excluding ortho intramolecular Hbond substituents is 1. The number of allylic oxidation sites excluding steroid dienone is 3. The van der Waals surface area contributed by atoms with Crippen LogP contribution in [0.1, 0.15) is 30.4 Å². The van der Waals surface area contributed by atoms with Gasteiger partial charge in [-0.05, 0) is 72.7 Å². The molecule has 8 nitrogen and oxygen atoms in total. The van der Waals surface area contributed by atoms with E-state index in [4.69, 9.17) is 26.2 Å². The molecule has 4 aromatic rings. The molecule has 0 bridgehead atoms. The molecule has 2 amide bonds. The van der Waals surface area contributed by atoms with Gasteiger partial charge in [-0.15, -0.1) is 11.3 Å². The number of imide groups is 1. The number of carbonyl (C=O) groups excluding carboxylic acids is 2. The number of methoxy groups -OCH3 is 2. The number of nitrogens with zero attached hydrogens (tertiary/aromatic N) is 3. The van der Waals surface area contributed by atoms with Gasteiger partial charge in [0, 0.05) is 28.8 Å². The highest BCUT2D eigenvalue weighted by molar-refractivity contribution is 7.22. The second-order valence-corrected chi connectivity index (χ2v) is 12.4. The molecule has 1 aliphatic carbocycles. The second kappa shape index (κ2) is 10.0. The van der Waals surface area contributed by atoms with Crippen LogP contribution in [0.2, 0.25) is 5.02 Å². The molecule has 1 fully saturated rings. The van der Waals surface area contributed by atoms with Crippen LogP contribution in [0.4, 0.5) is 5.82 Å². The third-order valence-electron chi connectivity index (χ3n) is 8.71. The summed E-state index contributed by atoms with van der Waals surface area (Å²) in [5.41, 5.74) is 2.07. The first-order chi connectivity index (χ1) is 20.0. The van der Waals surface area contributed by atoms with E-state index in [2.05, 4.69) is 6.58 Å². The fraction of sp³-hybridized carbons (Fsp3) is 0.281. The summed E-state index contributed by atoms with van der Waals surface area (Å²) in [5.74, 6) is -1.06. The number of halogens is 1. The number of aromatic hydroxyl groups is 1. The highest BCUT2D eigenvalue weighted by atomic mass is 35.5. The van der Waals surface area contributed by atoms with Crippen molar-refractivity contribution in [3.63, 3.8) is 0 Å². The standard InChI is InChI=1S/C32H30ClN3O5S/c1-7-17-8-10-21-30(38)36(31(39)32(21,3)27(17)18-12-23(40-5)28(37)24(13-18)41-6)26-15-22(34-35(26)4)29-16(2)20-14-19(33)9-11-25(20)42-29/h7-9,11-15,21,27,37H,1,10H2,2-6H3/t21-,27+,32+/m0/s1. The number of hydrogen-bond donors (Lipinski definition) is 1. The first-order valence-corrected chi connectivity index (χ1v) is 14.6. The zero-order chi connectivity index (χ0) is 30.1. The van der Waals surface area contributed by atoms with E-state index >= 15 is 0 Å². The number of anilines is 1. The average Bonchev–Trinajstić information content (AvgIpc) is 3.57. The molecule has 1 N–H and O–H groups in total. The zero-order valence-corrected chi connectivity index (χ0v) is 25.5. The molecular formula is C32H30ClN3O5S. The Morgan fingerprint density at radius 1 is 1.17 bits per heavy atom. The summed E-state index contributed by atoms with van der Waals surface area (Å²) >= 11 is 7.84. The summed E-state index contributed by atoms with van der Waals surface area (Å²) in [7, 11) is 4.64. The van der Waals surface area contributed by atoms with E-state index in [1.54, 1.807) is 47.3 Å². The number of rotatable bonds is 6. The Kier molecular flexibility index (Phi) is 6.70. The quantitative estimate of drug-likeness (QED) is 0.244. The lowest BCUT2D eigenvalue weighted by Gasteiger charge is -2.40. The molecule has 2 aromatic carbocycles. The predicted octanol–water partition coefficient (Wildman–Crippen LogP) is 6.78. The van der Waals surface area contributed by atoms with Crippen molar-refractivity contribution in [1.82, 2.24) is 9.78 Å². The normalized spacial score (nSPS) is 22.0. The van der Waals surface area contributed by atoms with Gasteiger partial charge in [0.1, 0.15) is 11.5 Å². The second-order valence-electron chi connectivity index (χ2n) is 10.9. The van der Waals surface area contributed by atoms with Gasteiger partial charge in [-0.25, -0.2) is 4.90 Å². The van der Waals surface area contributed by atoms with Crippen LogP contribution in [0.15, 0.2) is 60.7 Å². The minimum atomic E-state index is -1.14. The van der Waals surface area contributed by atoms with Gasteiger partial charge in [-0.3, -0.25) is 14.3 Å². The lowest BCUT2D eigenvalue weighted by Crippen LogP contribution is -2.42. The molecule has 10 heteroatoms. The van der Waals surface area contributed by atoms with Gasteiger partial charge >= 0.3 is 0 Å². The number of carbonyl (C=O) groups is 2. The maximum atomic E-state index is 14.5. The molecule has 3 heterocycles. The fourth-order valence-corrected chi connectivity index (χ4v) is 7.86. The monoisotopic (exact) mass is 603 g/mol. The topological polar surface area (TPSA) is 93.9 Å². The van der Waals surface area contributed by atoms with Crippen LogP contribution < -0.4 is 14.4 Å². The molecular weight excluding hydrogens is 574 g/mol. The van der Waals surface area contributed by atoms with Crippen molar-refractivity contribution in [3.8, 4) is 27.8 Å². The van der Waals surface area contributed by atoms with Gasteiger partial charge in [-0.2, -0.15) is 5.10 Å². The minimum absolute atomic E-state index is 0.137. The first kappa shape index (κ1) is 28.1. The van der Waals surface area contributed by atoms with Crippen molar-refractivity contribution in [2.75, 3.05) is 19.1 Å². The Labute approximate surface area is 252 Å². The number of ether oxygens (including phenoxy) is 2. The lowest BCUT2D eigenvalue weighted by molar-refractivity contribution is -0.127. The molecule has 1 aliphatic heterocycles. The fourth-order valence-electron chi connectivity index (χ4n) is 6.54. The molecule has 216 valence electrons. The highest BCUT2D eigenvalue weighted by Gasteiger charge is 2.62. The van der Waals surface area contributed by atoms with Crippen LogP contribution in [-0.2, 0) is 16.6 Å². The number of phenols is 1. The summed E-state index contributed by atoms with van der Waals surface area (Å²) in [6, 6.07) is 11.0. The van der Waals surface area contributed by atoms with Gasteiger partial charge in [-0.1, -0.05) is 30.3 Å². The zero-order valence-electron chi connectivity index (χ0n) is 23.9. The maximum Gasteiger partial charge on any atom is 0.242 e. The number of hydrogen-bond acceptors (Lipinski definition) is 7. The number of amides is 2. The number of thiophene rings is 1. The smallest absolute Gasteiger partial charge is 0.242 e. The molecule has 0 unspecified atom stereocenters. The van der Waals surface area contributed by atoms with E-state index in [1.807, 2.05) is 38.1 Å². The third kappa shape index (κ3) is 3.90. The van der Waals surface area contributed by atoms with Crippen molar-refractivity contribution in [2.45, 2.75) is 26.2 Å². The highest BCUT2D eigenvalue weighted by Crippen LogP contribution is 2.58. The summed E-state index contributed by atoms with van der Waals surface area (Å²) < 4.78 is 13.5. The van der Waals surface area contributed by atoms with Crippen LogP contribution in [0.3, 0.4) is 0 Å². The van der Waals surface area contributed by atoms with Crippen molar-refractivity contribution < 1.29 is 24.2 Å². The third-order valence-corrected chi connectivity index (χ3v) is 10.2. The van der Waals surface area contributed by atoms with Crippen LogP contribution >= 0.6 is 22.9 Å². The van der Waals surface area contributed by atoms with E-state index in [0.717, 1.165) is 26.1 Å². The average molecular weight is 604 g/mol. The molecule has 0 spiro atoms. The first-order valence-electron chi connectivity index (χ1n) is 13.4. The molecule has 2 aromatic heterocycles. The molecule has 2 aliphatic rings. The largest absolute Gasteiger partial charge is 0.502 e. The van der Waals surface area contributed by atoms with Gasteiger partial charge in [0.2, 0.25) is 17.6 Å². The summed E-state index contributed by atoms with van der Waals surface area (Å²) in [6.45, 7) is 7.86. The Hall–Kier alpha value is -4.08. The molecule has 0 radical (unpaired) electrons. The predicted molar refractivity (Wildman–Crippen MR) is 165 cm³/mol. The van der Waals surface area contributed by atoms with Crippen LogP contribution in [0, 0.1) is 18.3 Å². The van der Waals surface area contributed by atoms with Crippen LogP contribution in [-0.4, -0.2) is 40.9 Å². The van der Waals surface area contributed by atoms with E-state index in [0.29, 0.717) is 28.5 Å². The molecule has 0 saturated carbocycles. The van der Waals surface area contributed by atoms with Gasteiger partial charge in [0.15, 0.2) is 11.5 Å². The Balaban J connectivity index is 1.46. The SMILES string of the molecule is C=CC1=CC[C@H]2C(=O)N(c3cc(-c4sc5ccc(Cl)cc5c4C)nn3C)C(=O)[C@@]2(C)[C@H]1c1cc(OC)c(O)c(OC)c1. The van der Waals surface area contributed by atoms with Gasteiger partial charge in [0.05, 0.1) is 30.4 Å². The van der Waals surface area contributed by atoms with Gasteiger partial charge < -0.3 is 14.6 Å². The Bertz CT molecular complexity index is 1810.